The first-order valence-corrected chi connectivity index (χ1v) is 8.10. The summed E-state index contributed by atoms with van der Waals surface area (Å²) in [5.74, 6) is 1.81. The van der Waals surface area contributed by atoms with Gasteiger partial charge >= 0.3 is 0 Å². The van der Waals surface area contributed by atoms with Crippen molar-refractivity contribution in [2.24, 2.45) is 5.10 Å². The Kier molecular flexibility index (Phi) is 7.25. The third-order valence-corrected chi connectivity index (χ3v) is 3.55. The number of hydrogen-bond acceptors (Lipinski definition) is 6. The molecule has 0 aliphatic carbocycles. The van der Waals surface area contributed by atoms with Crippen LogP contribution in [0.2, 0.25) is 0 Å². The Labute approximate surface area is 158 Å². The first-order valence-electron chi connectivity index (χ1n) is 8.10. The van der Waals surface area contributed by atoms with Gasteiger partial charge in [-0.1, -0.05) is 12.7 Å². The van der Waals surface area contributed by atoms with Gasteiger partial charge in [0.15, 0.2) is 11.5 Å². The van der Waals surface area contributed by atoms with E-state index in [0.717, 1.165) is 0 Å². The summed E-state index contributed by atoms with van der Waals surface area (Å²) in [6.07, 6.45) is 3.14. The third kappa shape index (κ3) is 5.24. The molecule has 0 saturated heterocycles. The number of carbonyl (C=O) groups is 1. The first-order chi connectivity index (χ1) is 13.1. The molecule has 27 heavy (non-hydrogen) atoms. The van der Waals surface area contributed by atoms with E-state index in [1.54, 1.807) is 42.5 Å². The Bertz CT molecular complexity index is 791. The molecule has 0 radical (unpaired) electrons. The zero-order valence-corrected chi connectivity index (χ0v) is 15.5. The topological polar surface area (TPSA) is 78.4 Å². The zero-order chi connectivity index (χ0) is 19.6. The lowest BCUT2D eigenvalue weighted by atomic mass is 10.2. The van der Waals surface area contributed by atoms with Crippen molar-refractivity contribution in [3.63, 3.8) is 0 Å². The average molecular weight is 370 g/mol. The van der Waals surface area contributed by atoms with Crippen molar-refractivity contribution in [2.75, 3.05) is 27.9 Å². The molecule has 0 aliphatic heterocycles. The van der Waals surface area contributed by atoms with Crippen LogP contribution >= 0.6 is 0 Å². The van der Waals surface area contributed by atoms with E-state index in [0.29, 0.717) is 40.7 Å². The van der Waals surface area contributed by atoms with E-state index >= 15 is 0 Å². The van der Waals surface area contributed by atoms with Gasteiger partial charge in [-0.2, -0.15) is 5.10 Å². The minimum Gasteiger partial charge on any atom is -0.493 e. The van der Waals surface area contributed by atoms with E-state index < -0.39 is 0 Å². The lowest BCUT2D eigenvalue weighted by Crippen LogP contribution is -2.17. The number of ether oxygens (including phenoxy) is 4. The first kappa shape index (κ1) is 19.8. The molecule has 0 fully saturated rings. The summed E-state index contributed by atoms with van der Waals surface area (Å²) in [4.78, 5) is 12.2. The van der Waals surface area contributed by atoms with Gasteiger partial charge in [-0.05, 0) is 36.4 Å². The number of hydrogen-bond donors (Lipinski definition) is 1. The number of carbonyl (C=O) groups excluding carboxylic acids is 1. The van der Waals surface area contributed by atoms with Crippen molar-refractivity contribution >= 4 is 12.1 Å². The second-order valence-electron chi connectivity index (χ2n) is 5.28. The van der Waals surface area contributed by atoms with Gasteiger partial charge in [0.25, 0.3) is 5.91 Å². The van der Waals surface area contributed by atoms with Crippen molar-refractivity contribution in [1.82, 2.24) is 5.43 Å². The standard InChI is InChI=1S/C20H22N2O5/c1-5-10-27-16-8-6-15(7-9-16)20(23)22-21-13-14-11-17(24-2)19(26-4)18(12-14)25-3/h5-9,11-13H,1,10H2,2-4H3,(H,22,23)/b21-13-. The van der Waals surface area contributed by atoms with Gasteiger partial charge in [0.1, 0.15) is 12.4 Å². The van der Waals surface area contributed by atoms with E-state index in [1.807, 2.05) is 0 Å². The van der Waals surface area contributed by atoms with Crippen LogP contribution in [0.5, 0.6) is 23.0 Å². The number of hydrazone groups is 1. The SMILES string of the molecule is C=CCOc1ccc(C(=O)N/N=C\c2cc(OC)c(OC)c(OC)c2)cc1. The highest BCUT2D eigenvalue weighted by Gasteiger charge is 2.12. The quantitative estimate of drug-likeness (QED) is 0.417. The van der Waals surface area contributed by atoms with Crippen molar-refractivity contribution in [3.8, 4) is 23.0 Å². The van der Waals surface area contributed by atoms with Crippen LogP contribution in [0.1, 0.15) is 15.9 Å². The Balaban J connectivity index is 2.06. The maximum atomic E-state index is 12.2. The third-order valence-electron chi connectivity index (χ3n) is 3.55. The fourth-order valence-corrected chi connectivity index (χ4v) is 2.26. The molecule has 1 amide bonds. The Morgan fingerprint density at radius 2 is 1.70 bits per heavy atom. The average Bonchev–Trinajstić information content (AvgIpc) is 2.71. The minimum absolute atomic E-state index is 0.339. The summed E-state index contributed by atoms with van der Waals surface area (Å²) in [5.41, 5.74) is 3.61. The maximum Gasteiger partial charge on any atom is 0.271 e. The normalized spacial score (nSPS) is 10.3. The monoisotopic (exact) mass is 370 g/mol. The molecule has 0 heterocycles. The predicted molar refractivity (Wildman–Crippen MR) is 103 cm³/mol. The van der Waals surface area contributed by atoms with Gasteiger partial charge in [0, 0.05) is 11.1 Å². The second-order valence-corrected chi connectivity index (χ2v) is 5.28. The molecular weight excluding hydrogens is 348 g/mol. The molecular formula is C20H22N2O5. The van der Waals surface area contributed by atoms with Crippen LogP contribution in [-0.4, -0.2) is 40.1 Å². The van der Waals surface area contributed by atoms with Crippen molar-refractivity contribution in [2.45, 2.75) is 0 Å². The van der Waals surface area contributed by atoms with Crippen LogP contribution in [0, 0.1) is 0 Å². The van der Waals surface area contributed by atoms with Crippen LogP contribution in [-0.2, 0) is 0 Å². The van der Waals surface area contributed by atoms with Gasteiger partial charge in [0.05, 0.1) is 27.5 Å². The summed E-state index contributed by atoms with van der Waals surface area (Å²) < 4.78 is 21.2. The number of amides is 1. The zero-order valence-electron chi connectivity index (χ0n) is 15.5. The number of benzene rings is 2. The molecule has 1 N–H and O–H groups in total. The lowest BCUT2D eigenvalue weighted by molar-refractivity contribution is 0.0955. The summed E-state index contributed by atoms with van der Waals surface area (Å²) in [6.45, 7) is 3.99. The number of nitrogens with zero attached hydrogens (tertiary/aromatic N) is 1. The van der Waals surface area contributed by atoms with E-state index in [9.17, 15) is 4.79 Å². The van der Waals surface area contributed by atoms with Crippen LogP contribution in [0.15, 0.2) is 54.2 Å². The number of rotatable bonds is 9. The van der Waals surface area contributed by atoms with E-state index in [-0.39, 0.29) is 5.91 Å². The predicted octanol–water partition coefficient (Wildman–Crippen LogP) is 3.04. The minimum atomic E-state index is -0.339. The molecule has 0 spiro atoms. The molecule has 0 aliphatic rings. The molecule has 0 unspecified atom stereocenters. The smallest absolute Gasteiger partial charge is 0.271 e. The Hall–Kier alpha value is -3.48. The van der Waals surface area contributed by atoms with Crippen molar-refractivity contribution in [3.05, 3.63) is 60.2 Å². The summed E-state index contributed by atoms with van der Waals surface area (Å²) >= 11 is 0. The number of methoxy groups -OCH3 is 3. The van der Waals surface area contributed by atoms with E-state index in [2.05, 4.69) is 17.1 Å². The summed E-state index contributed by atoms with van der Waals surface area (Å²) in [7, 11) is 4.59. The summed E-state index contributed by atoms with van der Waals surface area (Å²) in [5, 5.41) is 3.98. The lowest BCUT2D eigenvalue weighted by Gasteiger charge is -2.12. The molecule has 142 valence electrons. The molecule has 0 aromatic heterocycles. The van der Waals surface area contributed by atoms with Crippen LogP contribution < -0.4 is 24.4 Å². The van der Waals surface area contributed by atoms with E-state index in [4.69, 9.17) is 18.9 Å². The second kappa shape index (κ2) is 9.86. The summed E-state index contributed by atoms with van der Waals surface area (Å²) in [6, 6.07) is 10.2. The van der Waals surface area contributed by atoms with Gasteiger partial charge < -0.3 is 18.9 Å². The number of nitrogens with one attached hydrogen (secondary N) is 1. The molecule has 2 aromatic rings. The van der Waals surface area contributed by atoms with Crippen LogP contribution in [0.25, 0.3) is 0 Å². The fraction of sp³-hybridized carbons (Fsp3) is 0.200. The molecule has 0 saturated carbocycles. The fourth-order valence-electron chi connectivity index (χ4n) is 2.26. The van der Waals surface area contributed by atoms with Gasteiger partial charge in [-0.3, -0.25) is 4.79 Å². The Morgan fingerprint density at radius 3 is 2.22 bits per heavy atom. The maximum absolute atomic E-state index is 12.2. The Morgan fingerprint density at radius 1 is 1.07 bits per heavy atom. The van der Waals surface area contributed by atoms with Crippen LogP contribution in [0.3, 0.4) is 0 Å². The van der Waals surface area contributed by atoms with Crippen molar-refractivity contribution in [1.29, 1.82) is 0 Å². The van der Waals surface area contributed by atoms with Gasteiger partial charge in [0.2, 0.25) is 5.75 Å². The van der Waals surface area contributed by atoms with Gasteiger partial charge in [-0.25, -0.2) is 5.43 Å². The highest BCUT2D eigenvalue weighted by atomic mass is 16.5. The molecule has 2 rings (SSSR count). The molecule has 7 heteroatoms. The largest absolute Gasteiger partial charge is 0.493 e. The van der Waals surface area contributed by atoms with Gasteiger partial charge in [-0.15, -0.1) is 0 Å². The highest BCUT2D eigenvalue weighted by Crippen LogP contribution is 2.37. The molecule has 7 nitrogen and oxygen atoms in total. The van der Waals surface area contributed by atoms with Crippen molar-refractivity contribution < 1.29 is 23.7 Å². The molecule has 0 bridgehead atoms. The molecule has 0 atom stereocenters. The van der Waals surface area contributed by atoms with E-state index in [1.165, 1.54) is 27.5 Å². The molecule has 2 aromatic carbocycles. The van der Waals surface area contributed by atoms with Crippen LogP contribution in [0.4, 0.5) is 0 Å². The highest BCUT2D eigenvalue weighted by molar-refractivity contribution is 5.95.